The number of hydrogen-bond donors (Lipinski definition) is 0. The van der Waals surface area contributed by atoms with Gasteiger partial charge in [-0.1, -0.05) is 34.1 Å². The lowest BCUT2D eigenvalue weighted by Gasteiger charge is -2.08. The van der Waals surface area contributed by atoms with Gasteiger partial charge in [0.1, 0.15) is 11.4 Å². The largest absolute Gasteiger partial charge is 0.494 e. The van der Waals surface area contributed by atoms with Gasteiger partial charge in [0.05, 0.1) is 23.8 Å². The van der Waals surface area contributed by atoms with Gasteiger partial charge in [0.15, 0.2) is 0 Å². The molecule has 1 aromatic carbocycles. The number of methoxy groups -OCH3 is 1. The summed E-state index contributed by atoms with van der Waals surface area (Å²) in [4.78, 5) is 0.238. The molecule has 2 aromatic rings. The first-order chi connectivity index (χ1) is 8.65. The Morgan fingerprint density at radius 3 is 2.89 bits per heavy atom. The number of hydrogen-bond acceptors (Lipinski definition) is 3. The van der Waals surface area contributed by atoms with Crippen molar-refractivity contribution >= 4 is 15.9 Å². The van der Waals surface area contributed by atoms with Gasteiger partial charge in [-0.25, -0.2) is 4.68 Å². The zero-order valence-electron chi connectivity index (χ0n) is 10.7. The van der Waals surface area contributed by atoms with Crippen molar-refractivity contribution in [3.63, 3.8) is 0 Å². The first-order valence-corrected chi connectivity index (χ1v) is 6.78. The highest BCUT2D eigenvalue weighted by molar-refractivity contribution is 9.09. The average molecular weight is 310 g/mol. The summed E-state index contributed by atoms with van der Waals surface area (Å²) in [6.07, 6.45) is 2.91. The molecule has 0 radical (unpaired) electrons. The standard InChI is InChI=1S/C13H16BrN3O/c1-4-10(14)11-8-17(16-15-11)12-7-9(2)5-6-13(12)18-3/h5-8,10H,4H2,1-3H3. The summed E-state index contributed by atoms with van der Waals surface area (Å²) in [6.45, 7) is 4.14. The molecule has 5 heteroatoms. The number of aromatic nitrogens is 3. The van der Waals surface area contributed by atoms with E-state index in [0.29, 0.717) is 0 Å². The van der Waals surface area contributed by atoms with Crippen molar-refractivity contribution in [3.8, 4) is 11.4 Å². The minimum absolute atomic E-state index is 0.238. The van der Waals surface area contributed by atoms with Gasteiger partial charge in [0, 0.05) is 0 Å². The zero-order valence-corrected chi connectivity index (χ0v) is 12.3. The summed E-state index contributed by atoms with van der Waals surface area (Å²) in [5.74, 6) is 0.791. The van der Waals surface area contributed by atoms with Crippen molar-refractivity contribution in [1.29, 1.82) is 0 Å². The van der Waals surface area contributed by atoms with Crippen molar-refractivity contribution in [3.05, 3.63) is 35.7 Å². The summed E-state index contributed by atoms with van der Waals surface area (Å²) in [6, 6.07) is 5.99. The fraction of sp³-hybridized carbons (Fsp3) is 0.385. The van der Waals surface area contributed by atoms with E-state index in [0.717, 1.165) is 29.1 Å². The van der Waals surface area contributed by atoms with Crippen LogP contribution in [0, 0.1) is 6.92 Å². The van der Waals surface area contributed by atoms with Crippen LogP contribution in [0.25, 0.3) is 5.69 Å². The Hall–Kier alpha value is -1.36. The molecule has 1 heterocycles. The second kappa shape index (κ2) is 5.52. The lowest BCUT2D eigenvalue weighted by Crippen LogP contribution is -1.99. The molecule has 4 nitrogen and oxygen atoms in total. The quantitative estimate of drug-likeness (QED) is 0.812. The van der Waals surface area contributed by atoms with Gasteiger partial charge in [0.25, 0.3) is 0 Å². The average Bonchev–Trinajstić information content (AvgIpc) is 2.87. The zero-order chi connectivity index (χ0) is 13.1. The van der Waals surface area contributed by atoms with E-state index in [9.17, 15) is 0 Å². The first kappa shape index (κ1) is 13.1. The molecular formula is C13H16BrN3O. The van der Waals surface area contributed by atoms with E-state index in [1.54, 1.807) is 11.8 Å². The third kappa shape index (κ3) is 2.56. The molecule has 0 bridgehead atoms. The van der Waals surface area contributed by atoms with Crippen molar-refractivity contribution in [1.82, 2.24) is 15.0 Å². The molecule has 0 saturated heterocycles. The first-order valence-electron chi connectivity index (χ1n) is 5.87. The van der Waals surface area contributed by atoms with Crippen LogP contribution in [0.2, 0.25) is 0 Å². The van der Waals surface area contributed by atoms with Crippen molar-refractivity contribution in [2.24, 2.45) is 0 Å². The Kier molecular flexibility index (Phi) is 4.01. The van der Waals surface area contributed by atoms with Crippen LogP contribution in [0.1, 0.15) is 29.4 Å². The number of alkyl halides is 1. The Labute approximate surface area is 115 Å². The Morgan fingerprint density at radius 1 is 1.44 bits per heavy atom. The SMILES string of the molecule is CCC(Br)c1cn(-c2cc(C)ccc2OC)nn1. The van der Waals surface area contributed by atoms with Gasteiger partial charge in [-0.05, 0) is 31.0 Å². The summed E-state index contributed by atoms with van der Waals surface area (Å²) in [5, 5.41) is 8.34. The van der Waals surface area contributed by atoms with Gasteiger partial charge >= 0.3 is 0 Å². The highest BCUT2D eigenvalue weighted by Gasteiger charge is 2.12. The van der Waals surface area contributed by atoms with Gasteiger partial charge in [-0.2, -0.15) is 0 Å². The number of ether oxygens (including phenoxy) is 1. The molecule has 0 fully saturated rings. The smallest absolute Gasteiger partial charge is 0.144 e. The number of rotatable bonds is 4. The van der Waals surface area contributed by atoms with Gasteiger partial charge in [-0.15, -0.1) is 5.10 Å². The Morgan fingerprint density at radius 2 is 2.22 bits per heavy atom. The molecule has 18 heavy (non-hydrogen) atoms. The second-order valence-corrected chi connectivity index (χ2v) is 5.24. The minimum Gasteiger partial charge on any atom is -0.494 e. The van der Waals surface area contributed by atoms with Crippen LogP contribution in [-0.2, 0) is 0 Å². The van der Waals surface area contributed by atoms with Crippen LogP contribution < -0.4 is 4.74 Å². The van der Waals surface area contributed by atoms with Crippen LogP contribution in [0.4, 0.5) is 0 Å². The lowest BCUT2D eigenvalue weighted by atomic mass is 10.2. The van der Waals surface area contributed by atoms with Crippen LogP contribution in [0.15, 0.2) is 24.4 Å². The van der Waals surface area contributed by atoms with Crippen molar-refractivity contribution < 1.29 is 4.74 Å². The molecule has 0 spiro atoms. The van der Waals surface area contributed by atoms with Crippen molar-refractivity contribution in [2.75, 3.05) is 7.11 Å². The molecular weight excluding hydrogens is 294 g/mol. The number of benzene rings is 1. The predicted octanol–water partition coefficient (Wildman–Crippen LogP) is 3.43. The van der Waals surface area contributed by atoms with E-state index in [2.05, 4.69) is 33.2 Å². The summed E-state index contributed by atoms with van der Waals surface area (Å²) in [5.41, 5.74) is 3.00. The maximum Gasteiger partial charge on any atom is 0.144 e. The van der Waals surface area contributed by atoms with Crippen LogP contribution in [-0.4, -0.2) is 22.1 Å². The van der Waals surface area contributed by atoms with Gasteiger partial charge in [-0.3, -0.25) is 0 Å². The number of nitrogens with zero attached hydrogens (tertiary/aromatic N) is 3. The topological polar surface area (TPSA) is 39.9 Å². The maximum atomic E-state index is 5.35. The molecule has 1 aromatic heterocycles. The van der Waals surface area contributed by atoms with Crippen LogP contribution >= 0.6 is 15.9 Å². The summed E-state index contributed by atoms with van der Waals surface area (Å²) >= 11 is 3.57. The van der Waals surface area contributed by atoms with E-state index in [-0.39, 0.29) is 4.83 Å². The molecule has 0 N–H and O–H groups in total. The second-order valence-electron chi connectivity index (χ2n) is 4.14. The number of aryl methyl sites for hydroxylation is 1. The van der Waals surface area contributed by atoms with Crippen molar-refractivity contribution in [2.45, 2.75) is 25.1 Å². The third-order valence-electron chi connectivity index (χ3n) is 2.77. The molecule has 2 rings (SSSR count). The van der Waals surface area contributed by atoms with Crippen LogP contribution in [0.3, 0.4) is 0 Å². The van der Waals surface area contributed by atoms with E-state index in [1.165, 1.54) is 0 Å². The fourth-order valence-electron chi connectivity index (χ4n) is 1.73. The molecule has 0 aliphatic heterocycles. The molecule has 96 valence electrons. The van der Waals surface area contributed by atoms with E-state index in [1.807, 2.05) is 31.3 Å². The predicted molar refractivity (Wildman–Crippen MR) is 74.6 cm³/mol. The molecule has 1 atom stereocenters. The Bertz CT molecular complexity index is 539. The number of halogens is 1. The van der Waals surface area contributed by atoms with E-state index >= 15 is 0 Å². The summed E-state index contributed by atoms with van der Waals surface area (Å²) < 4.78 is 7.11. The molecule has 0 amide bonds. The maximum absolute atomic E-state index is 5.35. The highest BCUT2D eigenvalue weighted by Crippen LogP contribution is 2.27. The van der Waals surface area contributed by atoms with Gasteiger partial charge < -0.3 is 4.74 Å². The fourth-order valence-corrected chi connectivity index (χ4v) is 1.94. The molecule has 0 saturated carbocycles. The molecule has 1 unspecified atom stereocenters. The van der Waals surface area contributed by atoms with Gasteiger partial charge in [0.2, 0.25) is 0 Å². The summed E-state index contributed by atoms with van der Waals surface area (Å²) in [7, 11) is 1.66. The van der Waals surface area contributed by atoms with E-state index in [4.69, 9.17) is 4.74 Å². The Balaban J connectivity index is 2.42. The highest BCUT2D eigenvalue weighted by atomic mass is 79.9. The lowest BCUT2D eigenvalue weighted by molar-refractivity contribution is 0.411. The molecule has 0 aliphatic rings. The monoisotopic (exact) mass is 309 g/mol. The normalized spacial score (nSPS) is 12.4. The molecule has 0 aliphatic carbocycles. The van der Waals surface area contributed by atoms with E-state index < -0.39 is 0 Å². The minimum atomic E-state index is 0.238. The van der Waals surface area contributed by atoms with Crippen LogP contribution in [0.5, 0.6) is 5.75 Å². The third-order valence-corrected chi connectivity index (χ3v) is 3.89.